The molecule has 0 spiro atoms. The highest BCUT2D eigenvalue weighted by Gasteiger charge is 2.34. The van der Waals surface area contributed by atoms with Crippen molar-refractivity contribution >= 4 is 40.9 Å². The fraction of sp³-hybridized carbons (Fsp3) is 0.222. The summed E-state index contributed by atoms with van der Waals surface area (Å²) in [5, 5.41) is 2.76. The topological polar surface area (TPSA) is 54.3 Å². The highest BCUT2D eigenvalue weighted by Crippen LogP contribution is 2.27. The van der Waals surface area contributed by atoms with E-state index in [1.165, 1.54) is 10.5 Å². The van der Waals surface area contributed by atoms with Gasteiger partial charge in [-0.1, -0.05) is 36.8 Å². The third-order valence-electron chi connectivity index (χ3n) is 6.07. The lowest BCUT2D eigenvalue weighted by atomic mass is 10.1. The van der Waals surface area contributed by atoms with Gasteiger partial charge in [-0.05, 0) is 93.4 Å². The van der Waals surface area contributed by atoms with E-state index in [2.05, 4.69) is 48.9 Å². The first-order valence-corrected chi connectivity index (χ1v) is 11.4. The van der Waals surface area contributed by atoms with Gasteiger partial charge in [0.25, 0.3) is 11.8 Å². The first-order valence-electron chi connectivity index (χ1n) is 11.0. The van der Waals surface area contributed by atoms with Crippen LogP contribution in [0.25, 0.3) is 11.8 Å². The van der Waals surface area contributed by atoms with Crippen LogP contribution in [0.3, 0.4) is 0 Å². The van der Waals surface area contributed by atoms with Gasteiger partial charge in [0.1, 0.15) is 5.57 Å². The van der Waals surface area contributed by atoms with E-state index in [0.29, 0.717) is 5.69 Å². The number of nitrogens with zero attached hydrogens (tertiary/aromatic N) is 2. The smallest absolute Gasteiger partial charge is 0.270 e. The number of rotatable bonds is 4. The van der Waals surface area contributed by atoms with Crippen LogP contribution >= 0.6 is 12.2 Å². The minimum Gasteiger partial charge on any atom is -0.318 e. The van der Waals surface area contributed by atoms with Crippen LogP contribution in [0.1, 0.15) is 40.6 Å². The van der Waals surface area contributed by atoms with Crippen LogP contribution in [0.2, 0.25) is 0 Å². The molecule has 1 saturated heterocycles. The number of carbonyl (C=O) groups excluding carboxylic acids is 2. The molecule has 4 rings (SSSR count). The molecule has 6 heteroatoms. The van der Waals surface area contributed by atoms with Crippen molar-refractivity contribution in [3.05, 3.63) is 87.7 Å². The van der Waals surface area contributed by atoms with Gasteiger partial charge in [-0.25, -0.2) is 0 Å². The second kappa shape index (κ2) is 8.79. The molecule has 0 unspecified atom stereocenters. The predicted octanol–water partition coefficient (Wildman–Crippen LogP) is 5.10. The predicted molar refractivity (Wildman–Crippen MR) is 137 cm³/mol. The zero-order valence-electron chi connectivity index (χ0n) is 19.5. The molecule has 0 atom stereocenters. The van der Waals surface area contributed by atoms with E-state index in [-0.39, 0.29) is 10.7 Å². The fourth-order valence-corrected chi connectivity index (χ4v) is 4.57. The fourth-order valence-electron chi connectivity index (χ4n) is 4.29. The van der Waals surface area contributed by atoms with Gasteiger partial charge in [-0.15, -0.1) is 0 Å². The van der Waals surface area contributed by atoms with Gasteiger partial charge in [0.2, 0.25) is 0 Å². The summed E-state index contributed by atoms with van der Waals surface area (Å²) in [7, 11) is 0. The number of thiocarbonyl (C=S) groups is 1. The molecule has 1 aromatic heterocycles. The normalized spacial score (nSPS) is 15.4. The van der Waals surface area contributed by atoms with Crippen molar-refractivity contribution in [2.24, 2.45) is 0 Å². The van der Waals surface area contributed by atoms with Crippen molar-refractivity contribution in [1.29, 1.82) is 0 Å². The minimum absolute atomic E-state index is 0.0593. The largest absolute Gasteiger partial charge is 0.318 e. The van der Waals surface area contributed by atoms with E-state index in [0.717, 1.165) is 40.2 Å². The van der Waals surface area contributed by atoms with E-state index < -0.39 is 11.8 Å². The van der Waals surface area contributed by atoms with Gasteiger partial charge in [0, 0.05) is 17.1 Å². The summed E-state index contributed by atoms with van der Waals surface area (Å²) in [5.74, 6) is -0.910. The first kappa shape index (κ1) is 22.7. The number of hydrogen-bond donors (Lipinski definition) is 1. The average Bonchev–Trinajstić information content (AvgIpc) is 3.04. The molecule has 0 radical (unpaired) electrons. The first-order chi connectivity index (χ1) is 15.7. The summed E-state index contributed by atoms with van der Waals surface area (Å²) in [6.07, 6.45) is 2.56. The Kier molecular flexibility index (Phi) is 6.04. The third-order valence-corrected chi connectivity index (χ3v) is 6.35. The van der Waals surface area contributed by atoms with Crippen molar-refractivity contribution in [2.45, 2.75) is 41.0 Å². The molecule has 1 aliphatic heterocycles. The molecule has 168 valence electrons. The molecule has 2 heterocycles. The number of aromatic nitrogens is 1. The standard InChI is InChI=1S/C27H27N3O2S/c1-6-20-8-10-22(11-9-20)30-26(32)23(25(31)28-27(30)33)15-21-14-18(4)29(19(21)5)24-12-7-16(2)13-17(24)3/h7-15H,6H2,1-5H3,(H,28,31,33). The summed E-state index contributed by atoms with van der Waals surface area (Å²) >= 11 is 5.32. The Bertz CT molecular complexity index is 1320. The Morgan fingerprint density at radius 2 is 1.67 bits per heavy atom. The van der Waals surface area contributed by atoms with Crippen molar-refractivity contribution in [3.8, 4) is 5.69 Å². The van der Waals surface area contributed by atoms with Crippen molar-refractivity contribution in [3.63, 3.8) is 0 Å². The van der Waals surface area contributed by atoms with Crippen LogP contribution in [0, 0.1) is 27.7 Å². The van der Waals surface area contributed by atoms with Crippen LogP contribution < -0.4 is 10.2 Å². The zero-order valence-corrected chi connectivity index (χ0v) is 20.3. The van der Waals surface area contributed by atoms with Gasteiger partial charge >= 0.3 is 0 Å². The molecule has 0 bridgehead atoms. The Labute approximate surface area is 199 Å². The lowest BCUT2D eigenvalue weighted by Gasteiger charge is -2.29. The number of benzene rings is 2. The highest BCUT2D eigenvalue weighted by atomic mass is 32.1. The molecular formula is C27H27N3O2S. The Morgan fingerprint density at radius 1 is 0.970 bits per heavy atom. The molecule has 1 fully saturated rings. The van der Waals surface area contributed by atoms with E-state index in [9.17, 15) is 9.59 Å². The van der Waals surface area contributed by atoms with Gasteiger partial charge in [-0.3, -0.25) is 19.8 Å². The van der Waals surface area contributed by atoms with Crippen molar-refractivity contribution < 1.29 is 9.59 Å². The number of carbonyl (C=O) groups is 2. The van der Waals surface area contributed by atoms with E-state index in [1.807, 2.05) is 44.2 Å². The van der Waals surface area contributed by atoms with Gasteiger partial charge in [0.05, 0.1) is 5.69 Å². The second-order valence-electron chi connectivity index (χ2n) is 8.43. The molecule has 1 aliphatic rings. The molecule has 0 saturated carbocycles. The Hall–Kier alpha value is -3.51. The molecule has 2 aromatic carbocycles. The molecule has 33 heavy (non-hydrogen) atoms. The van der Waals surface area contributed by atoms with Crippen LogP contribution in [0.15, 0.2) is 54.1 Å². The minimum atomic E-state index is -0.484. The molecular weight excluding hydrogens is 430 g/mol. The number of amides is 2. The monoisotopic (exact) mass is 457 g/mol. The van der Waals surface area contributed by atoms with E-state index >= 15 is 0 Å². The van der Waals surface area contributed by atoms with Crippen LogP contribution in [-0.2, 0) is 16.0 Å². The maximum atomic E-state index is 13.4. The average molecular weight is 458 g/mol. The van der Waals surface area contributed by atoms with Crippen LogP contribution in [0.4, 0.5) is 5.69 Å². The molecule has 0 aliphatic carbocycles. The van der Waals surface area contributed by atoms with Crippen molar-refractivity contribution in [1.82, 2.24) is 9.88 Å². The van der Waals surface area contributed by atoms with Crippen molar-refractivity contribution in [2.75, 3.05) is 4.90 Å². The van der Waals surface area contributed by atoms with Gasteiger partial charge < -0.3 is 4.57 Å². The Balaban J connectivity index is 1.75. The van der Waals surface area contributed by atoms with Crippen LogP contribution in [0.5, 0.6) is 0 Å². The van der Waals surface area contributed by atoms with Gasteiger partial charge in [-0.2, -0.15) is 0 Å². The SMILES string of the molecule is CCc1ccc(N2C(=O)C(=Cc3cc(C)n(-c4ccc(C)cc4C)c3C)C(=O)NC2=S)cc1. The molecule has 5 nitrogen and oxygen atoms in total. The van der Waals surface area contributed by atoms with E-state index in [4.69, 9.17) is 12.2 Å². The third kappa shape index (κ3) is 4.14. The second-order valence-corrected chi connectivity index (χ2v) is 8.82. The quantitative estimate of drug-likeness (QED) is 0.337. The number of aryl methyl sites for hydroxylation is 4. The number of nitrogens with one attached hydrogen (secondary N) is 1. The summed E-state index contributed by atoms with van der Waals surface area (Å²) in [4.78, 5) is 27.5. The highest BCUT2D eigenvalue weighted by molar-refractivity contribution is 7.80. The lowest BCUT2D eigenvalue weighted by molar-refractivity contribution is -0.122. The summed E-state index contributed by atoms with van der Waals surface area (Å²) < 4.78 is 2.15. The molecule has 3 aromatic rings. The maximum Gasteiger partial charge on any atom is 0.270 e. The summed E-state index contributed by atoms with van der Waals surface area (Å²) in [6.45, 7) is 10.2. The number of hydrogen-bond acceptors (Lipinski definition) is 3. The summed E-state index contributed by atoms with van der Waals surface area (Å²) in [5.41, 5.74) is 8.10. The lowest BCUT2D eigenvalue weighted by Crippen LogP contribution is -2.54. The van der Waals surface area contributed by atoms with E-state index in [1.54, 1.807) is 6.08 Å². The maximum absolute atomic E-state index is 13.4. The van der Waals surface area contributed by atoms with Crippen LogP contribution in [-0.4, -0.2) is 21.5 Å². The molecule has 1 N–H and O–H groups in total. The Morgan fingerprint density at radius 3 is 2.30 bits per heavy atom. The summed E-state index contributed by atoms with van der Waals surface area (Å²) in [6, 6.07) is 15.9. The molecule has 2 amide bonds. The number of anilines is 1. The van der Waals surface area contributed by atoms with Gasteiger partial charge in [0.15, 0.2) is 5.11 Å². The zero-order chi connectivity index (χ0) is 23.9.